The maximum atomic E-state index is 10.6. The predicted octanol–water partition coefficient (Wildman–Crippen LogP) is 6.52. The van der Waals surface area contributed by atoms with E-state index in [9.17, 15) is 4.79 Å². The second kappa shape index (κ2) is 11.7. The molecule has 1 heterocycles. The first kappa shape index (κ1) is 24.5. The van der Waals surface area contributed by atoms with E-state index in [1.165, 1.54) is 0 Å². The average molecular weight is 478 g/mol. The molecule has 6 heteroatoms. The summed E-state index contributed by atoms with van der Waals surface area (Å²) in [7, 11) is 0. The molecule has 4 rings (SSSR count). The number of imidazole rings is 1. The Kier molecular flexibility index (Phi) is 7.94. The zero-order valence-corrected chi connectivity index (χ0v) is 20.1. The maximum Gasteiger partial charge on any atom is 0.303 e. The highest BCUT2D eigenvalue weighted by molar-refractivity contribution is 5.72. The van der Waals surface area contributed by atoms with Gasteiger partial charge in [-0.2, -0.15) is 5.26 Å². The highest BCUT2D eigenvalue weighted by Crippen LogP contribution is 2.24. The van der Waals surface area contributed by atoms with E-state index >= 15 is 0 Å². The molecule has 0 unspecified atom stereocenters. The predicted molar refractivity (Wildman–Crippen MR) is 141 cm³/mol. The lowest BCUT2D eigenvalue weighted by molar-refractivity contribution is -0.137. The third-order valence-corrected chi connectivity index (χ3v) is 5.78. The molecule has 0 saturated heterocycles. The van der Waals surface area contributed by atoms with E-state index in [-0.39, 0.29) is 6.42 Å². The molecule has 3 aromatic carbocycles. The summed E-state index contributed by atoms with van der Waals surface area (Å²) in [6.45, 7) is 3.28. The fourth-order valence-electron chi connectivity index (χ4n) is 3.79. The Morgan fingerprint density at radius 3 is 2.22 bits per heavy atom. The third-order valence-electron chi connectivity index (χ3n) is 5.78. The Labute approximate surface area is 210 Å². The van der Waals surface area contributed by atoms with Gasteiger partial charge in [0.25, 0.3) is 0 Å². The summed E-state index contributed by atoms with van der Waals surface area (Å²) in [5.41, 5.74) is 5.75. The zero-order valence-electron chi connectivity index (χ0n) is 20.1. The van der Waals surface area contributed by atoms with Crippen molar-refractivity contribution in [2.45, 2.75) is 26.3 Å². The molecule has 4 aromatic rings. The van der Waals surface area contributed by atoms with E-state index in [1.807, 2.05) is 48.7 Å². The van der Waals surface area contributed by atoms with Gasteiger partial charge >= 0.3 is 5.97 Å². The fraction of sp³-hybridized carbons (Fsp3) is 0.167. The molecule has 36 heavy (non-hydrogen) atoms. The normalized spacial score (nSPS) is 10.9. The van der Waals surface area contributed by atoms with Crippen molar-refractivity contribution in [3.8, 4) is 34.2 Å². The lowest BCUT2D eigenvalue weighted by atomic mass is 10.0. The van der Waals surface area contributed by atoms with Gasteiger partial charge in [-0.25, -0.2) is 4.98 Å². The number of aliphatic carboxylic acids is 1. The summed E-state index contributed by atoms with van der Waals surface area (Å²) in [4.78, 5) is 15.4. The highest BCUT2D eigenvalue weighted by Gasteiger charge is 2.07. The van der Waals surface area contributed by atoms with Gasteiger partial charge < -0.3 is 14.4 Å². The van der Waals surface area contributed by atoms with E-state index < -0.39 is 5.97 Å². The number of aromatic nitrogens is 2. The van der Waals surface area contributed by atoms with Gasteiger partial charge in [0.1, 0.15) is 11.6 Å². The monoisotopic (exact) mass is 477 g/mol. The Balaban J connectivity index is 1.41. The number of aryl methyl sites for hydroxylation is 1. The van der Waals surface area contributed by atoms with Gasteiger partial charge in [-0.1, -0.05) is 54.6 Å². The number of benzene rings is 3. The Bertz CT molecular complexity index is 1380. The number of carboxylic acids is 1. The van der Waals surface area contributed by atoms with Crippen molar-refractivity contribution in [1.29, 1.82) is 5.26 Å². The summed E-state index contributed by atoms with van der Waals surface area (Å²) in [5.74, 6) is 0.797. The molecule has 0 bridgehead atoms. The van der Waals surface area contributed by atoms with Crippen molar-refractivity contribution in [3.05, 3.63) is 95.9 Å². The van der Waals surface area contributed by atoms with Crippen molar-refractivity contribution in [1.82, 2.24) is 9.55 Å². The number of rotatable bonds is 10. The van der Waals surface area contributed by atoms with E-state index in [2.05, 4.69) is 47.9 Å². The van der Waals surface area contributed by atoms with Gasteiger partial charge in [0.15, 0.2) is 0 Å². The van der Waals surface area contributed by atoms with Crippen LogP contribution in [0.1, 0.15) is 36.7 Å². The fourth-order valence-corrected chi connectivity index (χ4v) is 3.79. The van der Waals surface area contributed by atoms with Gasteiger partial charge in [0.2, 0.25) is 0 Å². The molecular weight excluding hydrogens is 450 g/mol. The van der Waals surface area contributed by atoms with Gasteiger partial charge in [0.05, 0.1) is 23.9 Å². The Morgan fingerprint density at radius 1 is 0.972 bits per heavy atom. The van der Waals surface area contributed by atoms with Crippen molar-refractivity contribution in [2.75, 3.05) is 6.61 Å². The maximum absolute atomic E-state index is 10.6. The summed E-state index contributed by atoms with van der Waals surface area (Å²) in [6.07, 6.45) is 6.69. The van der Waals surface area contributed by atoms with Crippen molar-refractivity contribution in [3.63, 3.8) is 0 Å². The molecule has 0 amide bonds. The molecule has 1 aromatic heterocycles. The molecule has 180 valence electrons. The van der Waals surface area contributed by atoms with Gasteiger partial charge in [0, 0.05) is 24.7 Å². The molecule has 0 aliphatic carbocycles. The van der Waals surface area contributed by atoms with Gasteiger partial charge in [-0.15, -0.1) is 0 Å². The first-order chi connectivity index (χ1) is 17.6. The first-order valence-electron chi connectivity index (χ1n) is 11.9. The minimum Gasteiger partial charge on any atom is -0.494 e. The molecular formula is C30H27N3O3. The largest absolute Gasteiger partial charge is 0.494 e. The van der Waals surface area contributed by atoms with Crippen LogP contribution in [0.5, 0.6) is 5.75 Å². The molecule has 0 spiro atoms. The molecule has 1 N–H and O–H groups in total. The van der Waals surface area contributed by atoms with E-state index in [0.717, 1.165) is 46.1 Å². The molecule has 0 fully saturated rings. The highest BCUT2D eigenvalue weighted by atomic mass is 16.5. The first-order valence-corrected chi connectivity index (χ1v) is 11.9. The topological polar surface area (TPSA) is 88.1 Å². The van der Waals surface area contributed by atoms with Crippen LogP contribution in [-0.4, -0.2) is 27.2 Å². The van der Waals surface area contributed by atoms with Crippen molar-refractivity contribution in [2.24, 2.45) is 0 Å². The van der Waals surface area contributed by atoms with Crippen LogP contribution in [-0.2, 0) is 11.3 Å². The van der Waals surface area contributed by atoms with Crippen LogP contribution in [0.3, 0.4) is 0 Å². The van der Waals surface area contributed by atoms with Crippen LogP contribution in [0.15, 0.2) is 79.0 Å². The second-order valence-corrected chi connectivity index (χ2v) is 8.28. The smallest absolute Gasteiger partial charge is 0.303 e. The summed E-state index contributed by atoms with van der Waals surface area (Å²) in [5, 5.41) is 17.7. The number of hydrogen-bond acceptors (Lipinski definition) is 4. The Morgan fingerprint density at radius 2 is 1.61 bits per heavy atom. The van der Waals surface area contributed by atoms with Crippen LogP contribution >= 0.6 is 0 Å². The van der Waals surface area contributed by atoms with Crippen molar-refractivity contribution < 1.29 is 14.6 Å². The quantitative estimate of drug-likeness (QED) is 0.263. The van der Waals surface area contributed by atoms with Crippen LogP contribution in [0.4, 0.5) is 0 Å². The van der Waals surface area contributed by atoms with E-state index in [0.29, 0.717) is 18.6 Å². The van der Waals surface area contributed by atoms with Gasteiger partial charge in [-0.3, -0.25) is 4.79 Å². The summed E-state index contributed by atoms with van der Waals surface area (Å²) in [6, 6.07) is 25.7. The van der Waals surface area contributed by atoms with Crippen LogP contribution < -0.4 is 4.74 Å². The molecule has 0 radical (unpaired) electrons. The minimum absolute atomic E-state index is 0.109. The van der Waals surface area contributed by atoms with Crippen LogP contribution in [0.2, 0.25) is 0 Å². The van der Waals surface area contributed by atoms with Crippen LogP contribution in [0.25, 0.3) is 34.5 Å². The minimum atomic E-state index is -0.810. The van der Waals surface area contributed by atoms with Crippen molar-refractivity contribution >= 4 is 18.1 Å². The lowest BCUT2D eigenvalue weighted by Crippen LogP contribution is -2.01. The number of carbonyl (C=O) groups is 1. The third kappa shape index (κ3) is 6.28. The summed E-state index contributed by atoms with van der Waals surface area (Å²) < 4.78 is 7.71. The molecule has 0 saturated carbocycles. The number of ether oxygens (including phenoxy) is 1. The Hall–Kier alpha value is -4.63. The molecule has 0 aliphatic heterocycles. The molecule has 0 aliphatic rings. The number of nitriles is 1. The number of carboxylic acid groups (broad SMARTS) is 1. The average Bonchev–Trinajstić information content (AvgIpc) is 3.34. The molecule has 6 nitrogen and oxygen atoms in total. The summed E-state index contributed by atoms with van der Waals surface area (Å²) >= 11 is 0. The SMILES string of the molecule is CCn1cc(-c2ccc(C#N)cc2)nc1C=Cc1ccc(-c2ccc(OCCCC(=O)O)cc2)cc1. The number of hydrogen-bond donors (Lipinski definition) is 1. The van der Waals surface area contributed by atoms with E-state index in [1.54, 1.807) is 12.1 Å². The lowest BCUT2D eigenvalue weighted by Gasteiger charge is -2.07. The van der Waals surface area contributed by atoms with Crippen LogP contribution in [0, 0.1) is 11.3 Å². The standard InChI is InChI=1S/C30H27N3O3/c1-2-33-21-28(26-12-7-23(20-31)8-13-26)32-29(33)18-9-22-5-10-24(11-6-22)25-14-16-27(17-15-25)36-19-3-4-30(34)35/h5-18,21H,2-4,19H2,1H3,(H,34,35). The zero-order chi connectivity index (χ0) is 25.3. The second-order valence-electron chi connectivity index (χ2n) is 8.28. The van der Waals surface area contributed by atoms with E-state index in [4.69, 9.17) is 20.1 Å². The molecule has 0 atom stereocenters. The number of nitrogens with zero attached hydrogens (tertiary/aromatic N) is 3. The van der Waals surface area contributed by atoms with Gasteiger partial charge in [-0.05, 0) is 60.4 Å².